The van der Waals surface area contributed by atoms with E-state index in [0.29, 0.717) is 97.4 Å². The van der Waals surface area contributed by atoms with E-state index < -0.39 is 45.4 Å². The second-order valence-corrected chi connectivity index (χ2v) is 26.3. The fraction of sp³-hybridized carbons (Fsp3) is 0.287. The van der Waals surface area contributed by atoms with Crippen LogP contribution in [0.4, 0.5) is 39.5 Å². The Bertz CT molecular complexity index is 4620. The van der Waals surface area contributed by atoms with Crippen molar-refractivity contribution in [2.24, 2.45) is 4.30 Å². The molecule has 627 valence electrons. The number of ether oxygens (including phenoxy) is 2. The maximum atomic E-state index is 13.0. The number of benzene rings is 9. The molecule has 16 nitrogen and oxygen atoms in total. The topological polar surface area (TPSA) is 250 Å². The number of thiol groups is 1. The zero-order chi connectivity index (χ0) is 84.5. The molecule has 9 rings (SSSR count). The Morgan fingerprint density at radius 2 is 0.786 bits per heavy atom. The number of carbonyl (C=O) groups is 1. The molecule has 0 aromatic heterocycles. The van der Waals surface area contributed by atoms with Crippen LogP contribution < -0.4 is 0 Å². The van der Waals surface area contributed by atoms with Gasteiger partial charge in [-0.1, -0.05) is 131 Å². The third kappa shape index (κ3) is 48.4. The van der Waals surface area contributed by atoms with Crippen molar-refractivity contribution in [2.75, 3.05) is 60.5 Å². The molecule has 0 bridgehead atoms. The zero-order valence-corrected chi connectivity index (χ0v) is 67.4. The van der Waals surface area contributed by atoms with E-state index in [0.717, 1.165) is 45.5 Å². The molecule has 1 radical (unpaired) electrons. The van der Waals surface area contributed by atoms with Gasteiger partial charge in [0, 0.05) is 19.5 Å². The number of nitrogens with zero attached hydrogens (tertiary/aromatic N) is 6. The minimum atomic E-state index is -3.27. The van der Waals surface area contributed by atoms with Gasteiger partial charge in [-0.2, -0.15) is 26.3 Å². The number of aryl methyl sites for hydroxylation is 5. The number of hydrogen-bond acceptors (Lipinski definition) is 16. The van der Waals surface area contributed by atoms with Gasteiger partial charge in [0.25, 0.3) is 0 Å². The molecule has 0 aliphatic rings. The quantitative estimate of drug-likeness (QED) is 0.0103. The second-order valence-electron chi connectivity index (χ2n) is 22.2. The normalized spacial score (nSPS) is 9.69. The van der Waals surface area contributed by atoms with E-state index in [4.69, 9.17) is 54.0 Å². The molecule has 0 saturated carbocycles. The van der Waals surface area contributed by atoms with E-state index >= 15 is 0 Å². The standard InChI is InChI=1S/C15H11F2N.C15H9F2N.C15H12F2O2.C12H15FNO3P.C8H5BrFN.C8H6FN.C6H15O3P.C4H10O2.4CH4.BHNS/c2*16-14-6-2-11(3-7-14)1-4-12-5-8-15(17)9-13(12)10-18;16-12-6-2-10(3-7-12)1-4-11-5-8-13(17)9-14(11)15(18)19;1-3-16-18(15,17-4-2)9-10-5-6-12(13)7-11(10)8-14;9-4-6-1-2-8(10)3-7(6)5-11;1-6-2-3-8(9)4-7(6)5-10;1-4-7-10(8-5-2)9-6-3;1-5-3-4-6-2;;;;;1-2-3/h2-3,5-9H,1,4H2;1-9H;2-3,5-9H,1,4H2,(H,18,19);5-7H,3-4,9H2,1-2H3;1-3H,4H2;2-4H,1H3;4-6H2,1-3H3;3-4H2,1-2H3;4*1H4;3H/b;4-1+;;;;;;;;;;;. The van der Waals surface area contributed by atoms with Crippen LogP contribution in [0.2, 0.25) is 0 Å². The number of halogens is 10. The van der Waals surface area contributed by atoms with Gasteiger partial charge in [0.1, 0.15) is 52.4 Å². The zero-order valence-electron chi connectivity index (χ0n) is 63.2. The third-order valence-electron chi connectivity index (χ3n) is 14.2. The first-order chi connectivity index (χ1) is 54.2. The van der Waals surface area contributed by atoms with Gasteiger partial charge in [0.15, 0.2) is 0 Å². The van der Waals surface area contributed by atoms with E-state index in [-0.39, 0.29) is 94.9 Å². The van der Waals surface area contributed by atoms with Crippen LogP contribution in [-0.4, -0.2) is 79.2 Å². The van der Waals surface area contributed by atoms with E-state index in [1.165, 1.54) is 115 Å². The summed E-state index contributed by atoms with van der Waals surface area (Å²) in [6, 6.07) is 51.9. The summed E-state index contributed by atoms with van der Waals surface area (Å²) in [6.07, 6.45) is 5.78. The average molecular weight is 1750 g/mol. The number of rotatable bonds is 25. The summed E-state index contributed by atoms with van der Waals surface area (Å²) >= 11 is 6.39. The SMILES string of the molecule is C.C.C.C.CCOP(=O)(Cc1ccc(F)cc1C#N)OCC.CCOP(OCC)OCC.COCCOC.Cc1ccc(F)cc1C#N.N#Cc1cc(F)ccc1/C=C/c1ccc(F)cc1.N#Cc1cc(F)ccc1CBr.N#Cc1cc(F)ccc1CCc1ccc(F)cc1.O=C(O)c1cc(F)ccc1CCc1ccc(F)cc1.[B]=NS. The Kier molecular flexibility index (Phi) is 65.1. The van der Waals surface area contributed by atoms with Crippen LogP contribution in [0.3, 0.4) is 0 Å². The van der Waals surface area contributed by atoms with Crippen molar-refractivity contribution in [2.45, 2.75) is 108 Å². The van der Waals surface area contributed by atoms with Crippen LogP contribution >= 0.6 is 44.9 Å². The van der Waals surface area contributed by atoms with Crippen molar-refractivity contribution >= 4 is 70.7 Å². The molecule has 0 amide bonds. The Hall–Kier alpha value is -9.92. The molecule has 0 fully saturated rings. The van der Waals surface area contributed by atoms with Crippen molar-refractivity contribution < 1.29 is 86.1 Å². The first-order valence-electron chi connectivity index (χ1n) is 34.2. The molecule has 0 atom stereocenters. The molecule has 117 heavy (non-hydrogen) atoms. The van der Waals surface area contributed by atoms with Crippen molar-refractivity contribution in [3.63, 3.8) is 0 Å². The fourth-order valence-corrected chi connectivity index (χ4v) is 11.9. The van der Waals surface area contributed by atoms with Gasteiger partial charge in [0.2, 0.25) is 0 Å². The Morgan fingerprint density at radius 1 is 0.462 bits per heavy atom. The summed E-state index contributed by atoms with van der Waals surface area (Å²) < 4.78 is 165. The summed E-state index contributed by atoms with van der Waals surface area (Å²) in [4.78, 5) is 11.0. The van der Waals surface area contributed by atoms with Gasteiger partial charge in [-0.05, 0) is 226 Å². The second kappa shape index (κ2) is 67.1. The minimum absolute atomic E-state index is 0. The predicted octanol–water partition coefficient (Wildman–Crippen LogP) is 24.5. The van der Waals surface area contributed by atoms with E-state index in [9.17, 15) is 48.9 Å². The summed E-state index contributed by atoms with van der Waals surface area (Å²) in [5, 5.41) is 53.2. The van der Waals surface area contributed by atoms with Crippen LogP contribution in [0, 0.1) is 116 Å². The number of nitriles is 5. The van der Waals surface area contributed by atoms with Gasteiger partial charge in [-0.15, -0.1) is 0 Å². The molecule has 0 spiro atoms. The van der Waals surface area contributed by atoms with Gasteiger partial charge in [-0.25, -0.2) is 44.3 Å². The summed E-state index contributed by atoms with van der Waals surface area (Å²) in [5.74, 6) is -4.66. The van der Waals surface area contributed by atoms with Crippen molar-refractivity contribution in [3.05, 3.63) is 318 Å². The van der Waals surface area contributed by atoms with Gasteiger partial charge >= 0.3 is 46.9 Å². The molecule has 0 aliphatic carbocycles. The van der Waals surface area contributed by atoms with Gasteiger partial charge in [-0.3, -0.25) is 4.57 Å². The molecule has 0 saturated heterocycles. The molecule has 9 aromatic rings. The summed E-state index contributed by atoms with van der Waals surface area (Å²) in [7, 11) is 3.31. The van der Waals surface area contributed by atoms with Gasteiger partial charge < -0.3 is 37.2 Å². The van der Waals surface area contributed by atoms with Crippen LogP contribution in [0.1, 0.15) is 153 Å². The first kappa shape index (κ1) is 113. The molecule has 30 heteroatoms. The number of methoxy groups -OCH3 is 2. The molecular weight excluding hydrogens is 1640 g/mol. The Labute approximate surface area is 700 Å². The first-order valence-corrected chi connectivity index (χ1v) is 38.5. The average Bonchev–Trinajstić information content (AvgIpc) is 0.845. The van der Waals surface area contributed by atoms with Crippen LogP contribution in [0.25, 0.3) is 12.2 Å². The summed E-state index contributed by atoms with van der Waals surface area (Å²) in [5.41, 5.74) is 8.34. The Morgan fingerprint density at radius 3 is 1.16 bits per heavy atom. The molecule has 0 heterocycles. The fourth-order valence-electron chi connectivity index (χ4n) is 8.83. The molecule has 0 unspecified atom stereocenters. The van der Waals surface area contributed by atoms with E-state index in [2.05, 4.69) is 50.2 Å². The summed E-state index contributed by atoms with van der Waals surface area (Å²) in [6.45, 7) is 14.8. The van der Waals surface area contributed by atoms with Gasteiger partial charge in [0.05, 0.1) is 116 Å². The monoisotopic (exact) mass is 1740 g/mol. The molecule has 9 aromatic carbocycles. The number of aromatic carboxylic acids is 1. The van der Waals surface area contributed by atoms with E-state index in [1.54, 1.807) is 102 Å². The van der Waals surface area contributed by atoms with Crippen LogP contribution in [0.15, 0.2) is 186 Å². The van der Waals surface area contributed by atoms with E-state index in [1.807, 2.05) is 51.1 Å². The van der Waals surface area contributed by atoms with Crippen molar-refractivity contribution in [3.8, 4) is 30.3 Å². The van der Waals surface area contributed by atoms with Crippen LogP contribution in [0.5, 0.6) is 0 Å². The Balaban J connectivity index is -0.000000629. The molecule has 1 N–H and O–H groups in total. The van der Waals surface area contributed by atoms with Crippen molar-refractivity contribution in [1.29, 1.82) is 26.3 Å². The van der Waals surface area contributed by atoms with Crippen LogP contribution in [-0.2, 0) is 73.8 Å². The number of carboxylic acids is 1. The predicted molar refractivity (Wildman–Crippen MR) is 453 cm³/mol. The maximum absolute atomic E-state index is 13.0. The molecule has 0 aliphatic heterocycles. The molecular formula is C87H100BBrF9N6O10P2S. The third-order valence-corrected chi connectivity index (χ3v) is 18.3. The number of carboxylic acid groups (broad SMARTS) is 1. The van der Waals surface area contributed by atoms with Crippen molar-refractivity contribution in [1.82, 2.24) is 0 Å². The number of hydrogen-bond donors (Lipinski definition) is 2. The number of alkyl halides is 1.